The minimum absolute atomic E-state index is 0.0245. The first-order valence-electron chi connectivity index (χ1n) is 6.78. The van der Waals surface area contributed by atoms with E-state index in [-0.39, 0.29) is 6.10 Å². The van der Waals surface area contributed by atoms with Crippen molar-refractivity contribution in [1.29, 1.82) is 0 Å². The van der Waals surface area contributed by atoms with E-state index in [2.05, 4.69) is 0 Å². The smallest absolute Gasteiger partial charge is 0.175 e. The van der Waals surface area contributed by atoms with Gasteiger partial charge in [0.05, 0.1) is 4.90 Å². The molecule has 0 spiro atoms. The number of fused-ring (bicyclic) bond motifs is 1. The Morgan fingerprint density at radius 2 is 1.90 bits per heavy atom. The number of ether oxygens (including phenoxy) is 1. The highest BCUT2D eigenvalue weighted by Gasteiger charge is 2.24. The van der Waals surface area contributed by atoms with Crippen LogP contribution in [0.1, 0.15) is 5.56 Å². The van der Waals surface area contributed by atoms with Crippen LogP contribution in [0.5, 0.6) is 5.75 Å². The Morgan fingerprint density at radius 3 is 2.52 bits per heavy atom. The highest BCUT2D eigenvalue weighted by atomic mass is 32.2. The Labute approximate surface area is 124 Å². The SMILES string of the molecule is CS(=O)(=O)c1ccc(-c2cccc3c2OC(CN)C3)cc1. The summed E-state index contributed by atoms with van der Waals surface area (Å²) in [5.41, 5.74) is 8.74. The van der Waals surface area contributed by atoms with Crippen molar-refractivity contribution in [3.05, 3.63) is 48.0 Å². The Kier molecular flexibility index (Phi) is 3.47. The maximum atomic E-state index is 11.5. The van der Waals surface area contributed by atoms with E-state index >= 15 is 0 Å². The van der Waals surface area contributed by atoms with E-state index in [4.69, 9.17) is 10.5 Å². The Bertz CT molecular complexity index is 767. The maximum absolute atomic E-state index is 11.5. The average Bonchev–Trinajstić information content (AvgIpc) is 2.89. The van der Waals surface area contributed by atoms with Gasteiger partial charge in [0.1, 0.15) is 11.9 Å². The van der Waals surface area contributed by atoms with Gasteiger partial charge < -0.3 is 10.5 Å². The highest BCUT2D eigenvalue weighted by Crippen LogP contribution is 2.38. The lowest BCUT2D eigenvalue weighted by Crippen LogP contribution is -2.24. The molecule has 0 saturated heterocycles. The van der Waals surface area contributed by atoms with Gasteiger partial charge in [0.25, 0.3) is 0 Å². The molecule has 1 aliphatic heterocycles. The summed E-state index contributed by atoms with van der Waals surface area (Å²) < 4.78 is 28.9. The summed E-state index contributed by atoms with van der Waals surface area (Å²) in [5, 5.41) is 0. The molecule has 1 aliphatic rings. The fourth-order valence-corrected chi connectivity index (χ4v) is 3.21. The van der Waals surface area contributed by atoms with Gasteiger partial charge >= 0.3 is 0 Å². The zero-order valence-electron chi connectivity index (χ0n) is 11.7. The highest BCUT2D eigenvalue weighted by molar-refractivity contribution is 7.90. The van der Waals surface area contributed by atoms with Crippen LogP contribution >= 0.6 is 0 Å². The molecule has 0 fully saturated rings. The quantitative estimate of drug-likeness (QED) is 0.942. The molecule has 5 heteroatoms. The predicted octanol–water partition coefficient (Wildman–Crippen LogP) is 2.02. The minimum Gasteiger partial charge on any atom is -0.488 e. The van der Waals surface area contributed by atoms with Crippen molar-refractivity contribution < 1.29 is 13.2 Å². The normalized spacial score (nSPS) is 17.3. The van der Waals surface area contributed by atoms with Gasteiger partial charge in [0, 0.05) is 24.8 Å². The first-order valence-corrected chi connectivity index (χ1v) is 8.67. The van der Waals surface area contributed by atoms with Crippen LogP contribution in [0.4, 0.5) is 0 Å². The molecule has 0 bridgehead atoms. The second kappa shape index (κ2) is 5.16. The van der Waals surface area contributed by atoms with Crippen LogP contribution in [0.2, 0.25) is 0 Å². The Morgan fingerprint density at radius 1 is 1.19 bits per heavy atom. The fourth-order valence-electron chi connectivity index (χ4n) is 2.58. The van der Waals surface area contributed by atoms with E-state index in [1.807, 2.05) is 30.3 Å². The monoisotopic (exact) mass is 303 g/mol. The molecule has 110 valence electrons. The van der Waals surface area contributed by atoms with Crippen LogP contribution in [0, 0.1) is 0 Å². The zero-order valence-corrected chi connectivity index (χ0v) is 12.6. The van der Waals surface area contributed by atoms with Gasteiger partial charge in [-0.25, -0.2) is 8.42 Å². The van der Waals surface area contributed by atoms with Crippen LogP contribution in [-0.2, 0) is 16.3 Å². The molecule has 1 unspecified atom stereocenters. The number of sulfone groups is 1. The molecule has 0 aromatic heterocycles. The molecule has 2 aromatic carbocycles. The molecule has 4 nitrogen and oxygen atoms in total. The van der Waals surface area contributed by atoms with Crippen molar-refractivity contribution >= 4 is 9.84 Å². The van der Waals surface area contributed by atoms with E-state index < -0.39 is 9.84 Å². The number of rotatable bonds is 3. The predicted molar refractivity (Wildman–Crippen MR) is 82.2 cm³/mol. The van der Waals surface area contributed by atoms with Crippen molar-refractivity contribution in [2.45, 2.75) is 17.4 Å². The van der Waals surface area contributed by atoms with Gasteiger partial charge in [-0.2, -0.15) is 0 Å². The Balaban J connectivity index is 2.01. The number of para-hydroxylation sites is 1. The van der Waals surface area contributed by atoms with Crippen LogP contribution in [0.25, 0.3) is 11.1 Å². The molecular formula is C16H17NO3S. The first-order chi connectivity index (χ1) is 9.99. The summed E-state index contributed by atoms with van der Waals surface area (Å²) in [7, 11) is -3.17. The van der Waals surface area contributed by atoms with Crippen LogP contribution in [0.3, 0.4) is 0 Å². The number of benzene rings is 2. The third kappa shape index (κ3) is 2.66. The second-order valence-corrected chi connectivity index (χ2v) is 7.29. The van der Waals surface area contributed by atoms with Gasteiger partial charge in [-0.15, -0.1) is 0 Å². The number of nitrogens with two attached hydrogens (primary N) is 1. The van der Waals surface area contributed by atoms with Crippen molar-refractivity contribution in [3.63, 3.8) is 0 Å². The van der Waals surface area contributed by atoms with Gasteiger partial charge in [0.2, 0.25) is 0 Å². The van der Waals surface area contributed by atoms with Crippen molar-refractivity contribution in [3.8, 4) is 16.9 Å². The van der Waals surface area contributed by atoms with E-state index in [0.717, 1.165) is 28.9 Å². The van der Waals surface area contributed by atoms with Gasteiger partial charge in [-0.05, 0) is 23.3 Å². The van der Waals surface area contributed by atoms with Crippen LogP contribution < -0.4 is 10.5 Å². The molecule has 0 radical (unpaired) electrons. The first kappa shape index (κ1) is 14.1. The third-order valence-corrected chi connectivity index (χ3v) is 4.81. The average molecular weight is 303 g/mol. The molecule has 2 aromatic rings. The van der Waals surface area contributed by atoms with E-state index in [0.29, 0.717) is 11.4 Å². The molecule has 21 heavy (non-hydrogen) atoms. The van der Waals surface area contributed by atoms with Gasteiger partial charge in [-0.1, -0.05) is 30.3 Å². The van der Waals surface area contributed by atoms with Gasteiger partial charge in [0.15, 0.2) is 9.84 Å². The molecule has 3 rings (SSSR count). The van der Waals surface area contributed by atoms with Crippen molar-refractivity contribution in [2.75, 3.05) is 12.8 Å². The van der Waals surface area contributed by atoms with E-state index in [9.17, 15) is 8.42 Å². The molecule has 0 amide bonds. The zero-order chi connectivity index (χ0) is 15.0. The summed E-state index contributed by atoms with van der Waals surface area (Å²) >= 11 is 0. The number of hydrogen-bond donors (Lipinski definition) is 1. The van der Waals surface area contributed by atoms with E-state index in [1.165, 1.54) is 6.26 Å². The van der Waals surface area contributed by atoms with Gasteiger partial charge in [-0.3, -0.25) is 0 Å². The topological polar surface area (TPSA) is 69.4 Å². The van der Waals surface area contributed by atoms with Crippen molar-refractivity contribution in [1.82, 2.24) is 0 Å². The molecule has 1 heterocycles. The summed E-state index contributed by atoms with van der Waals surface area (Å²) in [5.74, 6) is 0.861. The summed E-state index contributed by atoms with van der Waals surface area (Å²) in [6, 6.07) is 12.9. The van der Waals surface area contributed by atoms with E-state index in [1.54, 1.807) is 12.1 Å². The lowest BCUT2D eigenvalue weighted by molar-refractivity contribution is 0.242. The maximum Gasteiger partial charge on any atom is 0.175 e. The summed E-state index contributed by atoms with van der Waals surface area (Å²) in [4.78, 5) is 0.319. The minimum atomic E-state index is -3.17. The standard InChI is InChI=1S/C16H17NO3S/c1-21(18,19)14-7-5-11(6-8-14)15-4-2-3-12-9-13(10-17)20-16(12)15/h2-8,13H,9-10,17H2,1H3. The second-order valence-electron chi connectivity index (χ2n) is 5.27. The largest absolute Gasteiger partial charge is 0.488 e. The van der Waals surface area contributed by atoms with Crippen molar-refractivity contribution in [2.24, 2.45) is 5.73 Å². The van der Waals surface area contributed by atoms with Crippen LogP contribution in [-0.4, -0.2) is 27.3 Å². The summed E-state index contributed by atoms with van der Waals surface area (Å²) in [6.45, 7) is 0.487. The Hall–Kier alpha value is -1.85. The lowest BCUT2D eigenvalue weighted by Gasteiger charge is -2.11. The molecule has 2 N–H and O–H groups in total. The molecule has 0 aliphatic carbocycles. The lowest BCUT2D eigenvalue weighted by atomic mass is 10.0. The fraction of sp³-hybridized carbons (Fsp3) is 0.250. The molecular weight excluding hydrogens is 286 g/mol. The third-order valence-electron chi connectivity index (χ3n) is 3.69. The summed E-state index contributed by atoms with van der Waals surface area (Å²) in [6.07, 6.45) is 2.05. The number of hydrogen-bond acceptors (Lipinski definition) is 4. The molecule has 0 saturated carbocycles. The van der Waals surface area contributed by atoms with Crippen LogP contribution in [0.15, 0.2) is 47.4 Å². The molecule has 1 atom stereocenters.